The minimum Gasteiger partial charge on any atom is -0.322 e. The Labute approximate surface area is 119 Å². The Kier molecular flexibility index (Phi) is 3.75. The van der Waals surface area contributed by atoms with E-state index in [4.69, 9.17) is 0 Å². The zero-order valence-corrected chi connectivity index (χ0v) is 20.4. The van der Waals surface area contributed by atoms with Gasteiger partial charge in [-0.3, -0.25) is 0 Å². The Hall–Kier alpha value is 1.23. The van der Waals surface area contributed by atoms with Crippen LogP contribution in [0.25, 0.3) is 0 Å². The van der Waals surface area contributed by atoms with E-state index in [0.29, 0.717) is 0 Å². The Morgan fingerprint density at radius 3 is 0.778 bits per heavy atom. The smallest absolute Gasteiger partial charge is 0.212 e. The fourth-order valence-corrected chi connectivity index (χ4v) is 233. The maximum Gasteiger partial charge on any atom is 0.212 e. The first-order valence-corrected chi connectivity index (χ1v) is 30.6. The first kappa shape index (κ1) is 17.3. The summed E-state index contributed by atoms with van der Waals surface area (Å²) in [7, 11) is -9.64. The lowest BCUT2D eigenvalue weighted by Gasteiger charge is -2.69. The average Bonchev–Trinajstić information content (AvgIpc) is 2.14. The Morgan fingerprint density at radius 1 is 0.389 bits per heavy atom. The van der Waals surface area contributed by atoms with Crippen molar-refractivity contribution in [1.29, 1.82) is 0 Å². The van der Waals surface area contributed by atoms with E-state index in [1.807, 2.05) is 0 Å². The van der Waals surface area contributed by atoms with Gasteiger partial charge in [0.1, 0.15) is 0 Å². The molecule has 1 heterocycles. The van der Waals surface area contributed by atoms with Crippen LogP contribution < -0.4 is 0 Å². The van der Waals surface area contributed by atoms with Crippen LogP contribution in [-0.2, 0) is 0 Å². The molecule has 0 aromatic carbocycles. The van der Waals surface area contributed by atoms with Gasteiger partial charge in [0, 0.05) is 21.3 Å². The molecule has 0 saturated carbocycles. The molecular formula is C11H33FSi6. The second kappa shape index (κ2) is 3.91. The molecule has 0 spiro atoms. The minimum atomic E-state index is -2.47. The van der Waals surface area contributed by atoms with Crippen LogP contribution in [0.3, 0.4) is 0 Å². The standard InChI is InChI=1S/C11H33FSi6/c1-13(2)14(3,4)16(7,8)18(11,12)17(9,10)15(13,5)6/h1-11H3. The summed E-state index contributed by atoms with van der Waals surface area (Å²) in [6.07, 6.45) is 0. The van der Waals surface area contributed by atoms with E-state index in [1.54, 1.807) is 0 Å². The van der Waals surface area contributed by atoms with Crippen LogP contribution >= 0.6 is 0 Å². The van der Waals surface area contributed by atoms with Crippen molar-refractivity contribution >= 4 is 43.0 Å². The van der Waals surface area contributed by atoms with Gasteiger partial charge in [0.2, 0.25) is 7.44 Å². The Bertz CT molecular complexity index is 253. The van der Waals surface area contributed by atoms with Gasteiger partial charge >= 0.3 is 0 Å². The minimum absolute atomic E-state index is 1.21. The highest BCUT2D eigenvalue weighted by Gasteiger charge is 2.79. The van der Waals surface area contributed by atoms with Crippen LogP contribution in [0.5, 0.6) is 0 Å². The second-order valence-electron chi connectivity index (χ2n) is 9.13. The maximum atomic E-state index is 16.1. The molecule has 0 aromatic heterocycles. The highest BCUT2D eigenvalue weighted by molar-refractivity contribution is 8.12. The SMILES string of the molecule is C[Si]1(C)[Si](C)(C)[Si](C)(C)[Si](C)(F)[Si](C)(C)[Si]1(C)C. The normalized spacial score (nSPS) is 34.0. The number of rotatable bonds is 0. The summed E-state index contributed by atoms with van der Waals surface area (Å²) >= 11 is 0. The van der Waals surface area contributed by atoms with Gasteiger partial charge in [-0.2, -0.15) is 0 Å². The Morgan fingerprint density at radius 2 is 0.556 bits per heavy atom. The molecule has 0 unspecified atom stereocenters. The van der Waals surface area contributed by atoms with E-state index in [9.17, 15) is 0 Å². The summed E-state index contributed by atoms with van der Waals surface area (Å²) in [5, 5.41) is 0. The highest BCUT2D eigenvalue weighted by atomic mass is 30.2. The summed E-state index contributed by atoms with van der Waals surface area (Å²) in [4.78, 5) is 0. The molecule has 0 N–H and O–H groups in total. The molecular weight excluding hydrogens is 320 g/mol. The molecule has 0 atom stereocenters. The van der Waals surface area contributed by atoms with Crippen LogP contribution in [0.15, 0.2) is 0 Å². The van der Waals surface area contributed by atoms with E-state index in [2.05, 4.69) is 72.0 Å². The van der Waals surface area contributed by atoms with E-state index in [0.717, 1.165) is 0 Å². The third kappa shape index (κ3) is 1.49. The van der Waals surface area contributed by atoms with Crippen LogP contribution in [0.1, 0.15) is 0 Å². The third-order valence-electron chi connectivity index (χ3n) is 8.60. The molecule has 1 aliphatic rings. The average molecular weight is 353 g/mol. The van der Waals surface area contributed by atoms with Crippen LogP contribution in [0.4, 0.5) is 4.11 Å². The van der Waals surface area contributed by atoms with Crippen molar-refractivity contribution in [3.63, 3.8) is 0 Å². The van der Waals surface area contributed by atoms with Gasteiger partial charge in [0.05, 0.1) is 14.2 Å². The van der Waals surface area contributed by atoms with Gasteiger partial charge in [0.15, 0.2) is 0 Å². The monoisotopic (exact) mass is 352 g/mol. The molecule has 108 valence electrons. The maximum absolute atomic E-state index is 16.1. The van der Waals surface area contributed by atoms with E-state index >= 15 is 4.11 Å². The molecule has 1 fully saturated rings. The van der Waals surface area contributed by atoms with Crippen LogP contribution in [0, 0.1) is 0 Å². The molecule has 0 aliphatic carbocycles. The van der Waals surface area contributed by atoms with Gasteiger partial charge in [-0.05, 0) is 6.55 Å². The van der Waals surface area contributed by atoms with Crippen LogP contribution in [-0.4, -0.2) is 43.0 Å². The molecule has 18 heavy (non-hydrogen) atoms. The molecule has 0 radical (unpaired) electrons. The summed E-state index contributed by atoms with van der Waals surface area (Å²) in [5.41, 5.74) is 0. The van der Waals surface area contributed by atoms with Gasteiger partial charge in [0.25, 0.3) is 0 Å². The molecule has 0 aromatic rings. The topological polar surface area (TPSA) is 0 Å². The molecule has 1 saturated heterocycles. The predicted octanol–water partition coefficient (Wildman–Crippen LogP) is 4.56. The zero-order valence-electron chi connectivity index (χ0n) is 14.4. The lowest BCUT2D eigenvalue weighted by Crippen LogP contribution is -3.00. The van der Waals surface area contributed by atoms with E-state index in [-0.39, 0.29) is 0 Å². The van der Waals surface area contributed by atoms with Crippen molar-refractivity contribution in [2.45, 2.75) is 72.0 Å². The lowest BCUT2D eigenvalue weighted by molar-refractivity contribution is 0.845. The van der Waals surface area contributed by atoms with Gasteiger partial charge in [-0.25, -0.2) is 0 Å². The third-order valence-corrected chi connectivity index (χ3v) is 156. The second-order valence-corrected chi connectivity index (χ2v) is 79.5. The van der Waals surface area contributed by atoms with Gasteiger partial charge < -0.3 is 4.11 Å². The van der Waals surface area contributed by atoms with E-state index < -0.39 is 43.0 Å². The summed E-state index contributed by atoms with van der Waals surface area (Å²) in [6.45, 7) is 27.7. The molecule has 0 nitrogen and oxygen atoms in total. The quantitative estimate of drug-likeness (QED) is 0.443. The van der Waals surface area contributed by atoms with Gasteiger partial charge in [-0.15, -0.1) is 0 Å². The van der Waals surface area contributed by atoms with Crippen molar-refractivity contribution in [3.8, 4) is 0 Å². The van der Waals surface area contributed by atoms with Gasteiger partial charge in [-0.1, -0.05) is 65.5 Å². The van der Waals surface area contributed by atoms with Crippen molar-refractivity contribution in [2.24, 2.45) is 0 Å². The fourth-order valence-electron chi connectivity index (χ4n) is 4.30. The predicted molar refractivity (Wildman–Crippen MR) is 100 cm³/mol. The highest BCUT2D eigenvalue weighted by Crippen LogP contribution is 2.51. The lowest BCUT2D eigenvalue weighted by atomic mass is 11.9. The number of hydrogen-bond acceptors (Lipinski definition) is 0. The van der Waals surface area contributed by atoms with Crippen molar-refractivity contribution in [2.75, 3.05) is 0 Å². The van der Waals surface area contributed by atoms with Crippen molar-refractivity contribution in [3.05, 3.63) is 0 Å². The summed E-state index contributed by atoms with van der Waals surface area (Å²) in [6, 6.07) is 0. The fraction of sp³-hybridized carbons (Fsp3) is 1.00. The van der Waals surface area contributed by atoms with Crippen molar-refractivity contribution in [1.82, 2.24) is 0 Å². The molecule has 0 amide bonds. The first-order chi connectivity index (χ1) is 7.50. The molecule has 0 bridgehead atoms. The summed E-state index contributed by atoms with van der Waals surface area (Å²) in [5.74, 6) is 0. The molecule has 1 aliphatic heterocycles. The zero-order chi connectivity index (χ0) is 15.0. The molecule has 1 rings (SSSR count). The first-order valence-electron chi connectivity index (χ1n) is 7.19. The van der Waals surface area contributed by atoms with Crippen molar-refractivity contribution < 1.29 is 4.11 Å². The Balaban J connectivity index is 3.72. The molecule has 7 heteroatoms. The summed E-state index contributed by atoms with van der Waals surface area (Å²) < 4.78 is 16.1. The van der Waals surface area contributed by atoms with Crippen LogP contribution in [0.2, 0.25) is 72.0 Å². The number of hydrogen-bond donors (Lipinski definition) is 0. The van der Waals surface area contributed by atoms with E-state index in [1.165, 1.54) is 0 Å². The largest absolute Gasteiger partial charge is 0.322 e. The number of halogens is 1.